The fraction of sp³-hybridized carbons (Fsp3) is 0.861. The highest BCUT2D eigenvalue weighted by Crippen LogP contribution is 2.29. The molecule has 7 nitrogen and oxygen atoms in total. The molecule has 0 radical (unpaired) electrons. The van der Waals surface area contributed by atoms with Crippen LogP contribution in [0.5, 0.6) is 0 Å². The second-order valence-electron chi connectivity index (χ2n) is 13.2. The molecule has 2 rings (SSSR count). The minimum absolute atomic E-state index is 0.0151. The lowest BCUT2D eigenvalue weighted by Crippen LogP contribution is -2.31. The third-order valence-electron chi connectivity index (χ3n) is 9.10. The van der Waals surface area contributed by atoms with Gasteiger partial charge in [-0.25, -0.2) is 0 Å². The average molecular weight is 607 g/mol. The molecule has 2 aliphatic heterocycles. The fourth-order valence-corrected chi connectivity index (χ4v) is 6.43. The van der Waals surface area contributed by atoms with Gasteiger partial charge in [-0.05, 0) is 84.0 Å². The Kier molecular flexibility index (Phi) is 20.0. The number of ether oxygens (including phenoxy) is 2. The Morgan fingerprint density at radius 2 is 1.42 bits per heavy atom. The number of esters is 1. The van der Waals surface area contributed by atoms with Crippen LogP contribution < -0.4 is 0 Å². The molecule has 2 heterocycles. The second kappa shape index (κ2) is 22.9. The van der Waals surface area contributed by atoms with E-state index < -0.39 is 12.2 Å². The van der Waals surface area contributed by atoms with Crippen molar-refractivity contribution in [2.75, 3.05) is 0 Å². The number of hydrogen-bond acceptors (Lipinski definition) is 7. The van der Waals surface area contributed by atoms with E-state index in [0.29, 0.717) is 32.1 Å². The second-order valence-corrected chi connectivity index (χ2v) is 13.2. The fourth-order valence-electron chi connectivity index (χ4n) is 6.43. The molecule has 0 aromatic carbocycles. The average Bonchev–Trinajstić information content (AvgIpc) is 3.60. The van der Waals surface area contributed by atoms with E-state index in [1.807, 2.05) is 0 Å². The molecule has 2 saturated heterocycles. The molecule has 2 N–H and O–H groups in total. The highest BCUT2D eigenvalue weighted by Gasteiger charge is 2.35. The van der Waals surface area contributed by atoms with Crippen molar-refractivity contribution in [3.63, 3.8) is 0 Å². The highest BCUT2D eigenvalue weighted by molar-refractivity contribution is 5.83. The molecular formula is C36H62O7. The number of aliphatic hydroxyl groups is 2. The predicted octanol–water partition coefficient (Wildman–Crippen LogP) is 7.72. The molecule has 248 valence electrons. The van der Waals surface area contributed by atoms with Gasteiger partial charge >= 0.3 is 5.97 Å². The summed E-state index contributed by atoms with van der Waals surface area (Å²) in [7, 11) is 0. The number of rotatable bonds is 26. The number of Topliss-reactive ketones (excluding diaryl/α,β-unsaturated/α-hetero) is 2. The van der Waals surface area contributed by atoms with E-state index in [4.69, 9.17) is 9.47 Å². The van der Waals surface area contributed by atoms with Crippen LogP contribution in [0.4, 0.5) is 0 Å². The Morgan fingerprint density at radius 1 is 0.814 bits per heavy atom. The highest BCUT2D eigenvalue weighted by atomic mass is 16.6. The molecule has 0 bridgehead atoms. The van der Waals surface area contributed by atoms with Gasteiger partial charge in [-0.2, -0.15) is 0 Å². The Balaban J connectivity index is 1.43. The van der Waals surface area contributed by atoms with E-state index in [2.05, 4.69) is 19.1 Å². The number of aliphatic hydroxyl groups excluding tert-OH is 2. The van der Waals surface area contributed by atoms with Gasteiger partial charge in [0.25, 0.3) is 0 Å². The van der Waals surface area contributed by atoms with Gasteiger partial charge in [-0.1, -0.05) is 70.4 Å². The molecule has 0 aromatic rings. The summed E-state index contributed by atoms with van der Waals surface area (Å²) in [6, 6.07) is 0. The zero-order valence-corrected chi connectivity index (χ0v) is 27.3. The van der Waals surface area contributed by atoms with Crippen LogP contribution in [-0.2, 0) is 23.9 Å². The van der Waals surface area contributed by atoms with E-state index in [0.717, 1.165) is 64.2 Å². The number of cyclic esters (lactones) is 1. The SMILES string of the molecule is CCCCCCCCC/C=C\CC[C@@H](O)[C@H]1CC[C@H]([C@H](O)CCCCCC(=O)CCCC[C@@H]2CC(CC(C)=O)C(=O)O2)O1. The minimum Gasteiger partial charge on any atom is -0.462 e. The lowest BCUT2D eigenvalue weighted by molar-refractivity contribution is -0.145. The van der Waals surface area contributed by atoms with Crippen LogP contribution in [0.2, 0.25) is 0 Å². The summed E-state index contributed by atoms with van der Waals surface area (Å²) in [6.07, 6.45) is 24.1. The summed E-state index contributed by atoms with van der Waals surface area (Å²) in [4.78, 5) is 35.3. The maximum absolute atomic E-state index is 12.2. The molecular weight excluding hydrogens is 544 g/mol. The van der Waals surface area contributed by atoms with Gasteiger partial charge in [-0.3, -0.25) is 9.59 Å². The van der Waals surface area contributed by atoms with Gasteiger partial charge in [0.15, 0.2) is 0 Å². The first-order valence-corrected chi connectivity index (χ1v) is 17.7. The predicted molar refractivity (Wildman–Crippen MR) is 171 cm³/mol. The number of allylic oxidation sites excluding steroid dienone is 2. The quantitative estimate of drug-likeness (QED) is 0.0589. The first kappa shape index (κ1) is 37.6. The van der Waals surface area contributed by atoms with Gasteiger partial charge < -0.3 is 24.5 Å². The van der Waals surface area contributed by atoms with Crippen LogP contribution in [0.25, 0.3) is 0 Å². The number of carbonyl (C=O) groups is 3. The molecule has 0 aliphatic carbocycles. The lowest BCUT2D eigenvalue weighted by atomic mass is 9.96. The van der Waals surface area contributed by atoms with Gasteiger partial charge in [0.1, 0.15) is 17.7 Å². The van der Waals surface area contributed by atoms with Crippen molar-refractivity contribution in [2.24, 2.45) is 5.92 Å². The Bertz CT molecular complexity index is 809. The van der Waals surface area contributed by atoms with Crippen LogP contribution in [0.15, 0.2) is 12.2 Å². The van der Waals surface area contributed by atoms with E-state index >= 15 is 0 Å². The standard InChI is InChI=1S/C36H62O7/c1-3-4-5-6-7-8-9-10-11-12-15-22-32(39)34-24-25-35(43-34)33(40)23-16-13-14-19-30(38)20-17-18-21-31-27-29(26-28(2)37)36(41)42-31/h11-12,29,31-35,39-40H,3-10,13-27H2,1-2H3/b12-11-/t29?,31-,32-,33-,34-,35-/m1/s1. The molecule has 1 unspecified atom stereocenters. The van der Waals surface area contributed by atoms with E-state index in [-0.39, 0.29) is 48.2 Å². The Hall–Kier alpha value is -1.57. The van der Waals surface area contributed by atoms with Crippen molar-refractivity contribution in [1.29, 1.82) is 0 Å². The number of unbranched alkanes of at least 4 members (excludes halogenated alkanes) is 10. The molecule has 7 heteroatoms. The molecule has 2 aliphatic rings. The number of hydrogen-bond donors (Lipinski definition) is 2. The van der Waals surface area contributed by atoms with Crippen molar-refractivity contribution in [3.8, 4) is 0 Å². The first-order valence-electron chi connectivity index (χ1n) is 17.7. The maximum atomic E-state index is 12.2. The van der Waals surface area contributed by atoms with Crippen LogP contribution >= 0.6 is 0 Å². The lowest BCUT2D eigenvalue weighted by Gasteiger charge is -2.22. The molecule has 6 atom stereocenters. The van der Waals surface area contributed by atoms with Crippen molar-refractivity contribution < 1.29 is 34.1 Å². The topological polar surface area (TPSA) is 110 Å². The molecule has 2 fully saturated rings. The molecule has 0 saturated carbocycles. The Labute approximate surface area is 261 Å². The van der Waals surface area contributed by atoms with Gasteiger partial charge in [0.2, 0.25) is 0 Å². The number of ketones is 2. The number of carbonyl (C=O) groups excluding carboxylic acids is 3. The molecule has 0 aromatic heterocycles. The normalized spacial score (nSPS) is 23.6. The summed E-state index contributed by atoms with van der Waals surface area (Å²) in [5.74, 6) is -0.272. The summed E-state index contributed by atoms with van der Waals surface area (Å²) in [5.41, 5.74) is 0. The molecule has 0 amide bonds. The van der Waals surface area contributed by atoms with Crippen LogP contribution in [0.3, 0.4) is 0 Å². The van der Waals surface area contributed by atoms with Gasteiger partial charge in [0.05, 0.1) is 30.3 Å². The largest absolute Gasteiger partial charge is 0.462 e. The zero-order chi connectivity index (χ0) is 31.3. The zero-order valence-electron chi connectivity index (χ0n) is 27.3. The first-order chi connectivity index (χ1) is 20.8. The monoisotopic (exact) mass is 606 g/mol. The smallest absolute Gasteiger partial charge is 0.309 e. The van der Waals surface area contributed by atoms with Gasteiger partial charge in [0, 0.05) is 19.3 Å². The van der Waals surface area contributed by atoms with Crippen molar-refractivity contribution in [1.82, 2.24) is 0 Å². The maximum Gasteiger partial charge on any atom is 0.309 e. The van der Waals surface area contributed by atoms with E-state index in [9.17, 15) is 24.6 Å². The van der Waals surface area contributed by atoms with Crippen LogP contribution in [0, 0.1) is 5.92 Å². The summed E-state index contributed by atoms with van der Waals surface area (Å²) < 4.78 is 11.4. The third-order valence-corrected chi connectivity index (χ3v) is 9.10. The summed E-state index contributed by atoms with van der Waals surface area (Å²) >= 11 is 0. The van der Waals surface area contributed by atoms with Crippen molar-refractivity contribution in [3.05, 3.63) is 12.2 Å². The summed E-state index contributed by atoms with van der Waals surface area (Å²) in [6.45, 7) is 3.75. The van der Waals surface area contributed by atoms with Crippen molar-refractivity contribution >= 4 is 17.5 Å². The van der Waals surface area contributed by atoms with Gasteiger partial charge in [-0.15, -0.1) is 0 Å². The molecule has 0 spiro atoms. The Morgan fingerprint density at radius 3 is 2.12 bits per heavy atom. The van der Waals surface area contributed by atoms with E-state index in [1.54, 1.807) is 0 Å². The third kappa shape index (κ3) is 16.9. The van der Waals surface area contributed by atoms with Crippen LogP contribution in [0.1, 0.15) is 162 Å². The van der Waals surface area contributed by atoms with Crippen molar-refractivity contribution in [2.45, 2.75) is 192 Å². The van der Waals surface area contributed by atoms with Crippen LogP contribution in [-0.4, -0.2) is 58.3 Å². The molecule has 43 heavy (non-hydrogen) atoms. The minimum atomic E-state index is -0.519. The summed E-state index contributed by atoms with van der Waals surface area (Å²) in [5, 5.41) is 21.2. The van der Waals surface area contributed by atoms with E-state index in [1.165, 1.54) is 51.9 Å².